The highest BCUT2D eigenvalue weighted by molar-refractivity contribution is 5.25. The van der Waals surface area contributed by atoms with Crippen molar-refractivity contribution in [3.8, 4) is 0 Å². The van der Waals surface area contributed by atoms with E-state index in [0.717, 1.165) is 7.11 Å². The Morgan fingerprint density at radius 2 is 1.50 bits per heavy atom. The lowest BCUT2D eigenvalue weighted by atomic mass is 9.91. The van der Waals surface area contributed by atoms with Crippen LogP contribution in [0.1, 0.15) is 0 Å². The minimum atomic E-state index is -4.07. The van der Waals surface area contributed by atoms with Crippen molar-refractivity contribution in [2.24, 2.45) is 5.92 Å². The van der Waals surface area contributed by atoms with Crippen molar-refractivity contribution in [2.75, 3.05) is 7.11 Å². The molecule has 0 aliphatic heterocycles. The van der Waals surface area contributed by atoms with E-state index in [1.54, 1.807) is 0 Å². The average molecular weight is 322 g/mol. The van der Waals surface area contributed by atoms with Crippen molar-refractivity contribution in [1.29, 1.82) is 0 Å². The third-order valence-corrected chi connectivity index (χ3v) is 2.92. The average Bonchev–Trinajstić information content (AvgIpc) is 2.37. The molecule has 0 fully saturated rings. The number of ether oxygens (including phenoxy) is 1. The molecule has 0 saturated carbocycles. The molecule has 0 amide bonds. The third-order valence-electron chi connectivity index (χ3n) is 2.92. The van der Waals surface area contributed by atoms with E-state index in [0.29, 0.717) is 6.08 Å². The summed E-state index contributed by atoms with van der Waals surface area (Å²) in [5.41, 5.74) is 0. The fraction of sp³-hybridized carbons (Fsp3) is 0.500. The van der Waals surface area contributed by atoms with Crippen molar-refractivity contribution in [3.05, 3.63) is 64.2 Å². The van der Waals surface area contributed by atoms with Crippen LogP contribution in [0.4, 0.5) is 4.39 Å². The predicted molar refractivity (Wildman–Crippen MR) is 62.3 cm³/mol. The molecule has 120 valence electrons. The van der Waals surface area contributed by atoms with Crippen LogP contribution in [0.3, 0.4) is 0 Å². The molecule has 0 bridgehead atoms. The van der Waals surface area contributed by atoms with Gasteiger partial charge in [-0.1, -0.05) is 0 Å². The summed E-state index contributed by atoms with van der Waals surface area (Å²) in [6, 6.07) is -2.10. The number of rotatable bonds is 6. The van der Waals surface area contributed by atoms with Gasteiger partial charge in [-0.25, -0.2) is 4.39 Å². The summed E-state index contributed by atoms with van der Waals surface area (Å²) in [5, 5.41) is 43.4. The van der Waals surface area contributed by atoms with Crippen LogP contribution in [0.15, 0.2) is 23.7 Å². The summed E-state index contributed by atoms with van der Waals surface area (Å²) in [6.07, 6.45) is 0.492. The quantitative estimate of drug-likeness (QED) is 0.372. The number of hydrogen-bond donors (Lipinski definition) is 0. The molecule has 1 rings (SSSR count). The molecule has 0 heterocycles. The van der Waals surface area contributed by atoms with Crippen LogP contribution >= 0.6 is 0 Å². The first kappa shape index (κ1) is 16.9. The van der Waals surface area contributed by atoms with E-state index >= 15 is 0 Å². The number of halogens is 1. The van der Waals surface area contributed by atoms with Gasteiger partial charge in [0.25, 0.3) is 12.0 Å². The SMILES string of the molecule is COC1=C[C@H]([N+](=O)[O-])C(F)=C[C@@H]1C([N+](=O)[O-])([N+](=O)[O-])[N+](=O)[O-]. The van der Waals surface area contributed by atoms with Gasteiger partial charge in [-0.05, 0) is 6.08 Å². The molecular formula is C8H7FN4O9. The molecule has 1 aliphatic carbocycles. The highest BCUT2D eigenvalue weighted by Gasteiger charge is 2.78. The second-order valence-corrected chi connectivity index (χ2v) is 3.99. The smallest absolute Gasteiger partial charge is 0.500 e. The fourth-order valence-corrected chi connectivity index (χ4v) is 1.88. The van der Waals surface area contributed by atoms with Crippen LogP contribution in [-0.2, 0) is 4.74 Å². The molecule has 0 aromatic heterocycles. The van der Waals surface area contributed by atoms with Gasteiger partial charge in [0.2, 0.25) is 0 Å². The number of methoxy groups -OCH3 is 1. The number of nitrogens with zero attached hydrogens (tertiary/aromatic N) is 4. The van der Waals surface area contributed by atoms with Gasteiger partial charge in [0, 0.05) is 11.0 Å². The number of hydrogen-bond acceptors (Lipinski definition) is 9. The molecule has 0 radical (unpaired) electrons. The van der Waals surface area contributed by atoms with Gasteiger partial charge >= 0.3 is 5.79 Å². The Hall–Kier alpha value is -3.19. The molecule has 14 heteroatoms. The molecule has 22 heavy (non-hydrogen) atoms. The summed E-state index contributed by atoms with van der Waals surface area (Å²) in [6.45, 7) is 0. The van der Waals surface area contributed by atoms with Gasteiger partial charge in [0.1, 0.15) is 5.76 Å². The standard InChI is InChI=1S/C8H7FN4O9/c1-22-7-3-6(10(14)15)5(9)2-4(7)8(11(16)17,12(18)19)13(20)21/h2-4,6H,1H3/t4-,6-/m0/s1. The highest BCUT2D eigenvalue weighted by atomic mass is 19.1. The van der Waals surface area contributed by atoms with Crippen molar-refractivity contribution >= 4 is 0 Å². The summed E-state index contributed by atoms with van der Waals surface area (Å²) in [4.78, 5) is 36.8. The second kappa shape index (κ2) is 5.66. The maximum Gasteiger partial charge on any atom is 0.713 e. The minimum Gasteiger partial charge on any atom is -0.500 e. The van der Waals surface area contributed by atoms with Crippen LogP contribution in [0.5, 0.6) is 0 Å². The highest BCUT2D eigenvalue weighted by Crippen LogP contribution is 2.36. The summed E-state index contributed by atoms with van der Waals surface area (Å²) < 4.78 is 18.2. The van der Waals surface area contributed by atoms with E-state index < -0.39 is 49.0 Å². The predicted octanol–water partition coefficient (Wildman–Crippen LogP) is 0.129. The van der Waals surface area contributed by atoms with E-state index in [9.17, 15) is 44.8 Å². The summed E-state index contributed by atoms with van der Waals surface area (Å²) in [7, 11) is 0.831. The summed E-state index contributed by atoms with van der Waals surface area (Å²) >= 11 is 0. The Morgan fingerprint density at radius 3 is 1.82 bits per heavy atom. The van der Waals surface area contributed by atoms with Crippen LogP contribution in [0, 0.1) is 46.4 Å². The Bertz CT molecular complexity index is 579. The molecule has 2 atom stereocenters. The first-order valence-corrected chi connectivity index (χ1v) is 5.30. The first-order chi connectivity index (χ1) is 10.1. The van der Waals surface area contributed by atoms with Crippen molar-refractivity contribution in [1.82, 2.24) is 0 Å². The lowest BCUT2D eigenvalue weighted by Crippen LogP contribution is -2.59. The zero-order chi connectivity index (χ0) is 17.2. The van der Waals surface area contributed by atoms with Crippen LogP contribution in [-0.4, -0.2) is 38.6 Å². The van der Waals surface area contributed by atoms with E-state index in [1.807, 2.05) is 0 Å². The van der Waals surface area contributed by atoms with E-state index in [-0.39, 0.29) is 6.08 Å². The molecule has 0 aromatic rings. The largest absolute Gasteiger partial charge is 0.713 e. The molecule has 13 nitrogen and oxygen atoms in total. The van der Waals surface area contributed by atoms with Crippen LogP contribution in [0.2, 0.25) is 0 Å². The van der Waals surface area contributed by atoms with E-state index in [4.69, 9.17) is 0 Å². The third kappa shape index (κ3) is 2.29. The molecule has 0 unspecified atom stereocenters. The second-order valence-electron chi connectivity index (χ2n) is 3.99. The topological polar surface area (TPSA) is 182 Å². The molecule has 0 spiro atoms. The lowest BCUT2D eigenvalue weighted by molar-refractivity contribution is -0.975. The van der Waals surface area contributed by atoms with Gasteiger partial charge in [-0.3, -0.25) is 40.5 Å². The van der Waals surface area contributed by atoms with Gasteiger partial charge in [-0.2, -0.15) is 0 Å². The molecule has 0 N–H and O–H groups in total. The zero-order valence-electron chi connectivity index (χ0n) is 10.7. The van der Waals surface area contributed by atoms with Crippen LogP contribution in [0.25, 0.3) is 0 Å². The monoisotopic (exact) mass is 322 g/mol. The summed E-state index contributed by atoms with van der Waals surface area (Å²) in [5.74, 6) is -8.89. The Labute approximate surface area is 119 Å². The van der Waals surface area contributed by atoms with Gasteiger partial charge in [0.05, 0.1) is 7.11 Å². The maximum absolute atomic E-state index is 13.6. The molecule has 1 aliphatic rings. The van der Waals surface area contributed by atoms with E-state index in [2.05, 4.69) is 4.74 Å². The van der Waals surface area contributed by atoms with Crippen molar-refractivity contribution < 1.29 is 28.8 Å². The normalized spacial score (nSPS) is 21.4. The minimum absolute atomic E-state index is 0.0840. The molecule has 0 aromatic carbocycles. The van der Waals surface area contributed by atoms with Gasteiger partial charge in [-0.15, -0.1) is 0 Å². The molecular weight excluding hydrogens is 315 g/mol. The zero-order valence-corrected chi connectivity index (χ0v) is 10.7. The lowest BCUT2D eigenvalue weighted by Gasteiger charge is -2.21. The van der Waals surface area contributed by atoms with Crippen molar-refractivity contribution in [2.45, 2.75) is 11.8 Å². The molecule has 0 saturated heterocycles. The van der Waals surface area contributed by atoms with Crippen LogP contribution < -0.4 is 0 Å². The number of nitro groups is 4. The van der Waals surface area contributed by atoms with Gasteiger partial charge < -0.3 is 4.74 Å². The van der Waals surface area contributed by atoms with E-state index in [1.165, 1.54) is 0 Å². The Morgan fingerprint density at radius 1 is 1.05 bits per heavy atom. The van der Waals surface area contributed by atoms with Gasteiger partial charge in [0.15, 0.2) is 20.6 Å². The maximum atomic E-state index is 13.6. The van der Waals surface area contributed by atoms with Crippen molar-refractivity contribution in [3.63, 3.8) is 0 Å². The Balaban J connectivity index is 3.59. The Kier molecular flexibility index (Phi) is 4.34. The fourth-order valence-electron chi connectivity index (χ4n) is 1.88. The first-order valence-electron chi connectivity index (χ1n) is 5.30.